The highest BCUT2D eigenvalue weighted by Crippen LogP contribution is 2.29. The van der Waals surface area contributed by atoms with Gasteiger partial charge in [-0.2, -0.15) is 13.2 Å². The summed E-state index contributed by atoms with van der Waals surface area (Å²) in [6, 6.07) is 10.8. The number of alkyl halides is 3. The highest BCUT2D eigenvalue weighted by atomic mass is 35.5. The topological polar surface area (TPSA) is 29.1 Å². The molecule has 1 N–H and O–H groups in total. The van der Waals surface area contributed by atoms with Crippen molar-refractivity contribution < 1.29 is 18.0 Å². The SMILES string of the molecule is C[C@@H](NC(=O)c1cccc(C(F)(F)F)c1)c1ccc(Cl)cc1. The Morgan fingerprint density at radius 1 is 1.14 bits per heavy atom. The van der Waals surface area contributed by atoms with Gasteiger partial charge in [-0.25, -0.2) is 0 Å². The van der Waals surface area contributed by atoms with Crippen molar-refractivity contribution in [1.29, 1.82) is 0 Å². The summed E-state index contributed by atoms with van der Waals surface area (Å²) in [5, 5.41) is 3.23. The van der Waals surface area contributed by atoms with E-state index in [9.17, 15) is 18.0 Å². The van der Waals surface area contributed by atoms with Gasteiger partial charge >= 0.3 is 6.18 Å². The first-order valence-electron chi connectivity index (χ1n) is 6.51. The molecular formula is C16H13ClF3NO. The lowest BCUT2D eigenvalue weighted by Gasteiger charge is -2.15. The van der Waals surface area contributed by atoms with E-state index in [1.165, 1.54) is 12.1 Å². The molecule has 0 spiro atoms. The number of benzene rings is 2. The van der Waals surface area contributed by atoms with Crippen molar-refractivity contribution in [1.82, 2.24) is 5.32 Å². The van der Waals surface area contributed by atoms with E-state index in [1.54, 1.807) is 31.2 Å². The molecule has 0 unspecified atom stereocenters. The molecule has 2 rings (SSSR count). The van der Waals surface area contributed by atoms with Crippen LogP contribution in [0, 0.1) is 0 Å². The van der Waals surface area contributed by atoms with Crippen LogP contribution in [0.15, 0.2) is 48.5 Å². The zero-order valence-corrected chi connectivity index (χ0v) is 12.4. The first-order chi connectivity index (χ1) is 10.3. The highest BCUT2D eigenvalue weighted by Gasteiger charge is 2.30. The molecule has 0 aliphatic rings. The molecule has 0 bridgehead atoms. The van der Waals surface area contributed by atoms with Gasteiger partial charge in [-0.05, 0) is 42.8 Å². The fourth-order valence-corrected chi connectivity index (χ4v) is 2.08. The molecule has 2 nitrogen and oxygen atoms in total. The smallest absolute Gasteiger partial charge is 0.346 e. The van der Waals surface area contributed by atoms with Gasteiger partial charge in [0.15, 0.2) is 0 Å². The number of hydrogen-bond donors (Lipinski definition) is 1. The summed E-state index contributed by atoms with van der Waals surface area (Å²) in [6.07, 6.45) is -4.47. The second-order valence-electron chi connectivity index (χ2n) is 4.83. The molecular weight excluding hydrogens is 315 g/mol. The third-order valence-corrected chi connectivity index (χ3v) is 3.42. The summed E-state index contributed by atoms with van der Waals surface area (Å²) in [5.74, 6) is -0.562. The summed E-state index contributed by atoms with van der Waals surface area (Å²) >= 11 is 5.78. The van der Waals surface area contributed by atoms with Crippen molar-refractivity contribution >= 4 is 17.5 Å². The molecule has 2 aromatic carbocycles. The predicted molar refractivity (Wildman–Crippen MR) is 78.8 cm³/mol. The molecule has 1 atom stereocenters. The lowest BCUT2D eigenvalue weighted by Crippen LogP contribution is -2.26. The maximum Gasteiger partial charge on any atom is 0.416 e. The van der Waals surface area contributed by atoms with Crippen molar-refractivity contribution in [2.24, 2.45) is 0 Å². The molecule has 0 radical (unpaired) electrons. The number of nitrogens with one attached hydrogen (secondary N) is 1. The quantitative estimate of drug-likeness (QED) is 0.858. The molecule has 0 aliphatic carbocycles. The van der Waals surface area contributed by atoms with E-state index in [1.807, 2.05) is 0 Å². The van der Waals surface area contributed by atoms with Gasteiger partial charge in [0.1, 0.15) is 0 Å². The number of carbonyl (C=O) groups is 1. The molecule has 0 saturated heterocycles. The van der Waals surface area contributed by atoms with Gasteiger partial charge in [-0.3, -0.25) is 4.79 Å². The van der Waals surface area contributed by atoms with Crippen LogP contribution in [0.4, 0.5) is 13.2 Å². The normalized spacial score (nSPS) is 12.8. The van der Waals surface area contributed by atoms with Crippen LogP contribution in [0.5, 0.6) is 0 Å². The summed E-state index contributed by atoms with van der Waals surface area (Å²) in [7, 11) is 0. The van der Waals surface area contributed by atoms with E-state index >= 15 is 0 Å². The lowest BCUT2D eigenvalue weighted by molar-refractivity contribution is -0.137. The third kappa shape index (κ3) is 4.01. The van der Waals surface area contributed by atoms with Gasteiger partial charge in [0.25, 0.3) is 5.91 Å². The first-order valence-corrected chi connectivity index (χ1v) is 6.89. The average Bonchev–Trinajstić information content (AvgIpc) is 2.47. The number of halogens is 4. The Balaban J connectivity index is 2.13. The molecule has 2 aromatic rings. The lowest BCUT2D eigenvalue weighted by atomic mass is 10.1. The van der Waals surface area contributed by atoms with Gasteiger partial charge < -0.3 is 5.32 Å². The monoisotopic (exact) mass is 327 g/mol. The fourth-order valence-electron chi connectivity index (χ4n) is 1.95. The van der Waals surface area contributed by atoms with E-state index in [0.29, 0.717) is 5.02 Å². The van der Waals surface area contributed by atoms with Crippen LogP contribution < -0.4 is 5.32 Å². The van der Waals surface area contributed by atoms with Crippen molar-refractivity contribution in [2.75, 3.05) is 0 Å². The van der Waals surface area contributed by atoms with Gasteiger partial charge in [-0.1, -0.05) is 29.8 Å². The van der Waals surface area contributed by atoms with Gasteiger partial charge in [0.05, 0.1) is 11.6 Å². The third-order valence-electron chi connectivity index (χ3n) is 3.17. The number of hydrogen-bond acceptors (Lipinski definition) is 1. The Hall–Kier alpha value is -2.01. The van der Waals surface area contributed by atoms with Crippen molar-refractivity contribution in [3.63, 3.8) is 0 Å². The van der Waals surface area contributed by atoms with Crippen LogP contribution in [0.3, 0.4) is 0 Å². The Bertz CT molecular complexity index is 668. The molecule has 1 amide bonds. The summed E-state index contributed by atoms with van der Waals surface area (Å²) in [6.45, 7) is 1.74. The zero-order chi connectivity index (χ0) is 16.3. The van der Waals surface area contributed by atoms with E-state index < -0.39 is 17.6 Å². The second-order valence-corrected chi connectivity index (χ2v) is 5.26. The van der Waals surface area contributed by atoms with Gasteiger partial charge in [0, 0.05) is 10.6 Å². The molecule has 6 heteroatoms. The minimum atomic E-state index is -4.47. The number of carbonyl (C=O) groups excluding carboxylic acids is 1. The first kappa shape index (κ1) is 16.4. The van der Waals surface area contributed by atoms with Crippen LogP contribution >= 0.6 is 11.6 Å². The van der Waals surface area contributed by atoms with Crippen molar-refractivity contribution in [2.45, 2.75) is 19.1 Å². The molecule has 0 aromatic heterocycles. The molecule has 0 heterocycles. The fraction of sp³-hybridized carbons (Fsp3) is 0.188. The Labute approximate surface area is 130 Å². The largest absolute Gasteiger partial charge is 0.416 e. The standard InChI is InChI=1S/C16H13ClF3NO/c1-10(11-5-7-14(17)8-6-11)21-15(22)12-3-2-4-13(9-12)16(18,19)20/h2-10H,1H3,(H,21,22)/t10-/m1/s1. The number of amides is 1. The summed E-state index contributed by atoms with van der Waals surface area (Å²) in [5.41, 5.74) is -0.0698. The van der Waals surface area contributed by atoms with Crippen LogP contribution in [-0.2, 0) is 6.18 Å². The molecule has 22 heavy (non-hydrogen) atoms. The van der Waals surface area contributed by atoms with Crippen LogP contribution in [-0.4, -0.2) is 5.91 Å². The molecule has 116 valence electrons. The molecule has 0 aliphatic heterocycles. The van der Waals surface area contributed by atoms with E-state index in [4.69, 9.17) is 11.6 Å². The zero-order valence-electron chi connectivity index (χ0n) is 11.6. The van der Waals surface area contributed by atoms with Gasteiger partial charge in [0.2, 0.25) is 0 Å². The molecule has 0 saturated carbocycles. The van der Waals surface area contributed by atoms with Crippen molar-refractivity contribution in [3.8, 4) is 0 Å². The number of rotatable bonds is 3. The highest BCUT2D eigenvalue weighted by molar-refractivity contribution is 6.30. The molecule has 0 fully saturated rings. The maximum absolute atomic E-state index is 12.7. The van der Waals surface area contributed by atoms with Crippen LogP contribution in [0.1, 0.15) is 34.5 Å². The minimum Gasteiger partial charge on any atom is -0.346 e. The predicted octanol–water partition coefficient (Wildman–Crippen LogP) is 4.85. The maximum atomic E-state index is 12.7. The van der Waals surface area contributed by atoms with Crippen molar-refractivity contribution in [3.05, 3.63) is 70.2 Å². The van der Waals surface area contributed by atoms with E-state index in [0.717, 1.165) is 17.7 Å². The second kappa shape index (κ2) is 6.40. The average molecular weight is 328 g/mol. The Morgan fingerprint density at radius 2 is 1.77 bits per heavy atom. The summed E-state index contributed by atoms with van der Waals surface area (Å²) < 4.78 is 38.0. The minimum absolute atomic E-state index is 0.0318. The summed E-state index contributed by atoms with van der Waals surface area (Å²) in [4.78, 5) is 12.1. The Morgan fingerprint density at radius 3 is 2.36 bits per heavy atom. The van der Waals surface area contributed by atoms with Crippen LogP contribution in [0.25, 0.3) is 0 Å². The Kier molecular flexibility index (Phi) is 4.76. The van der Waals surface area contributed by atoms with E-state index in [2.05, 4.69) is 5.32 Å². The van der Waals surface area contributed by atoms with Crippen LogP contribution in [0.2, 0.25) is 5.02 Å². The van der Waals surface area contributed by atoms with Gasteiger partial charge in [-0.15, -0.1) is 0 Å². The van der Waals surface area contributed by atoms with E-state index in [-0.39, 0.29) is 11.6 Å².